The second-order valence-corrected chi connectivity index (χ2v) is 5.53. The summed E-state index contributed by atoms with van der Waals surface area (Å²) >= 11 is 0. The van der Waals surface area contributed by atoms with Gasteiger partial charge in [0.2, 0.25) is 0 Å². The molecule has 0 saturated carbocycles. The molecule has 0 aromatic rings. The lowest BCUT2D eigenvalue weighted by atomic mass is 10.0. The van der Waals surface area contributed by atoms with Gasteiger partial charge >= 0.3 is 11.9 Å². The normalized spacial score (nSPS) is 9.64. The smallest absolute Gasteiger partial charge is 0.303 e. The van der Waals surface area contributed by atoms with Gasteiger partial charge in [-0.1, -0.05) is 64.2 Å². The Morgan fingerprint density at radius 1 is 0.455 bits per heavy atom. The Kier molecular flexibility index (Phi) is 24.6. The van der Waals surface area contributed by atoms with Gasteiger partial charge < -0.3 is 10.2 Å². The molecule has 0 fully saturated rings. The summed E-state index contributed by atoms with van der Waals surface area (Å²) in [5, 5.41) is 17.0. The lowest BCUT2D eigenvalue weighted by molar-refractivity contribution is -0.138. The van der Waals surface area contributed by atoms with Crippen LogP contribution >= 0.6 is 24.8 Å². The van der Waals surface area contributed by atoms with Crippen LogP contribution in [0.5, 0.6) is 0 Å². The first-order valence-electron chi connectivity index (χ1n) is 8.06. The SMILES string of the molecule is Cl.Cl.O=C(O)CCCCCCCCCCCCCCC(=O)O. The second kappa shape index (κ2) is 20.5. The van der Waals surface area contributed by atoms with Crippen molar-refractivity contribution >= 4 is 36.8 Å². The number of aliphatic carboxylic acids is 2. The molecule has 0 amide bonds. The van der Waals surface area contributed by atoms with Crippen molar-refractivity contribution in [1.29, 1.82) is 0 Å². The standard InChI is InChI=1S/C16H30O4.2ClH/c17-15(18)13-11-9-7-5-3-1-2-4-6-8-10-12-14-16(19)20;;/h1-14H2,(H,17,18)(H,19,20);2*1H. The molecule has 0 aliphatic rings. The fourth-order valence-corrected chi connectivity index (χ4v) is 2.32. The van der Waals surface area contributed by atoms with Crippen molar-refractivity contribution in [2.24, 2.45) is 0 Å². The van der Waals surface area contributed by atoms with Crippen molar-refractivity contribution in [3.05, 3.63) is 0 Å². The third-order valence-electron chi connectivity index (χ3n) is 3.53. The molecule has 22 heavy (non-hydrogen) atoms. The van der Waals surface area contributed by atoms with Crippen molar-refractivity contribution in [3.63, 3.8) is 0 Å². The van der Waals surface area contributed by atoms with Crippen LogP contribution in [0.4, 0.5) is 0 Å². The van der Waals surface area contributed by atoms with Crippen LogP contribution in [0, 0.1) is 0 Å². The van der Waals surface area contributed by atoms with E-state index in [0.29, 0.717) is 12.8 Å². The third-order valence-corrected chi connectivity index (χ3v) is 3.53. The molecule has 0 bridgehead atoms. The Bertz CT molecular complexity index is 235. The van der Waals surface area contributed by atoms with Gasteiger partial charge in [0.15, 0.2) is 0 Å². The maximum Gasteiger partial charge on any atom is 0.303 e. The van der Waals surface area contributed by atoms with Gasteiger partial charge in [0, 0.05) is 12.8 Å². The molecule has 0 aliphatic carbocycles. The zero-order valence-corrected chi connectivity index (χ0v) is 15.1. The Balaban J connectivity index is -0.00000180. The highest BCUT2D eigenvalue weighted by Crippen LogP contribution is 2.12. The van der Waals surface area contributed by atoms with Crippen LogP contribution in [0.3, 0.4) is 0 Å². The minimum atomic E-state index is -0.687. The average Bonchev–Trinajstić information content (AvgIpc) is 2.38. The van der Waals surface area contributed by atoms with Crippen LogP contribution < -0.4 is 0 Å². The van der Waals surface area contributed by atoms with E-state index in [0.717, 1.165) is 38.5 Å². The number of hydrogen-bond acceptors (Lipinski definition) is 2. The summed E-state index contributed by atoms with van der Waals surface area (Å²) in [4.78, 5) is 20.6. The van der Waals surface area contributed by atoms with Gasteiger partial charge in [0.25, 0.3) is 0 Å². The molecule has 4 nitrogen and oxygen atoms in total. The van der Waals surface area contributed by atoms with Gasteiger partial charge in [-0.2, -0.15) is 0 Å². The van der Waals surface area contributed by atoms with E-state index in [-0.39, 0.29) is 24.8 Å². The summed E-state index contributed by atoms with van der Waals surface area (Å²) in [5.74, 6) is -1.37. The Morgan fingerprint density at radius 3 is 0.818 bits per heavy atom. The number of carboxylic acids is 2. The van der Waals surface area contributed by atoms with Crippen LogP contribution in [0.15, 0.2) is 0 Å². The highest BCUT2D eigenvalue weighted by Gasteiger charge is 1.98. The number of carbonyl (C=O) groups is 2. The van der Waals surface area contributed by atoms with Gasteiger partial charge in [-0.25, -0.2) is 0 Å². The quantitative estimate of drug-likeness (QED) is 0.381. The molecule has 0 aromatic heterocycles. The van der Waals surface area contributed by atoms with Crippen molar-refractivity contribution < 1.29 is 19.8 Å². The molecule has 0 aromatic carbocycles. The fourth-order valence-electron chi connectivity index (χ4n) is 2.32. The van der Waals surface area contributed by atoms with E-state index < -0.39 is 11.9 Å². The first-order chi connectivity index (χ1) is 9.63. The topological polar surface area (TPSA) is 74.6 Å². The molecule has 6 heteroatoms. The Morgan fingerprint density at radius 2 is 0.636 bits per heavy atom. The molecule has 0 spiro atoms. The molecular weight excluding hydrogens is 327 g/mol. The lowest BCUT2D eigenvalue weighted by Crippen LogP contribution is -1.93. The first-order valence-corrected chi connectivity index (χ1v) is 8.06. The minimum Gasteiger partial charge on any atom is -0.481 e. The van der Waals surface area contributed by atoms with Crippen molar-refractivity contribution in [2.45, 2.75) is 89.9 Å². The molecule has 0 aliphatic heterocycles. The fraction of sp³-hybridized carbons (Fsp3) is 0.875. The van der Waals surface area contributed by atoms with Gasteiger partial charge in [-0.15, -0.1) is 24.8 Å². The highest BCUT2D eigenvalue weighted by atomic mass is 35.5. The van der Waals surface area contributed by atoms with E-state index in [1.165, 1.54) is 38.5 Å². The highest BCUT2D eigenvalue weighted by molar-refractivity contribution is 5.85. The predicted molar refractivity (Wildman–Crippen MR) is 94.4 cm³/mol. The van der Waals surface area contributed by atoms with Crippen LogP contribution in [-0.4, -0.2) is 22.2 Å². The molecule has 0 radical (unpaired) electrons. The van der Waals surface area contributed by atoms with Crippen LogP contribution in [0.25, 0.3) is 0 Å². The van der Waals surface area contributed by atoms with E-state index in [1.807, 2.05) is 0 Å². The third kappa shape index (κ3) is 24.5. The van der Waals surface area contributed by atoms with Crippen molar-refractivity contribution in [1.82, 2.24) is 0 Å². The molecule has 0 unspecified atom stereocenters. The van der Waals surface area contributed by atoms with E-state index in [1.54, 1.807) is 0 Å². The predicted octanol–water partition coefficient (Wildman–Crippen LogP) is 5.46. The van der Waals surface area contributed by atoms with E-state index >= 15 is 0 Å². The minimum absolute atomic E-state index is 0. The van der Waals surface area contributed by atoms with Crippen LogP contribution in [0.1, 0.15) is 89.9 Å². The summed E-state index contributed by atoms with van der Waals surface area (Å²) in [6, 6.07) is 0. The maximum atomic E-state index is 10.3. The van der Waals surface area contributed by atoms with Gasteiger partial charge in [-0.3, -0.25) is 9.59 Å². The number of carboxylic acid groups (broad SMARTS) is 2. The second-order valence-electron chi connectivity index (χ2n) is 5.53. The monoisotopic (exact) mass is 358 g/mol. The lowest BCUT2D eigenvalue weighted by Gasteiger charge is -2.02. The summed E-state index contributed by atoms with van der Waals surface area (Å²) in [6.45, 7) is 0. The number of hydrogen-bond donors (Lipinski definition) is 2. The Hall–Kier alpha value is -0.480. The van der Waals surface area contributed by atoms with E-state index in [9.17, 15) is 9.59 Å². The molecule has 0 heterocycles. The van der Waals surface area contributed by atoms with Crippen molar-refractivity contribution in [2.75, 3.05) is 0 Å². The molecule has 0 atom stereocenters. The number of halogens is 2. The molecule has 2 N–H and O–H groups in total. The van der Waals surface area contributed by atoms with Gasteiger partial charge in [0.05, 0.1) is 0 Å². The summed E-state index contributed by atoms with van der Waals surface area (Å²) in [7, 11) is 0. The largest absolute Gasteiger partial charge is 0.481 e. The van der Waals surface area contributed by atoms with E-state index in [4.69, 9.17) is 10.2 Å². The summed E-state index contributed by atoms with van der Waals surface area (Å²) < 4.78 is 0. The summed E-state index contributed by atoms with van der Waals surface area (Å²) in [5.41, 5.74) is 0. The summed E-state index contributed by atoms with van der Waals surface area (Å²) in [6.07, 6.45) is 14.1. The van der Waals surface area contributed by atoms with Gasteiger partial charge in [-0.05, 0) is 12.8 Å². The molecule has 0 saturated heterocycles. The first kappa shape index (κ1) is 26.4. The van der Waals surface area contributed by atoms with Crippen LogP contribution in [-0.2, 0) is 9.59 Å². The zero-order chi connectivity index (χ0) is 15.1. The molecule has 134 valence electrons. The number of rotatable bonds is 15. The van der Waals surface area contributed by atoms with E-state index in [2.05, 4.69) is 0 Å². The zero-order valence-electron chi connectivity index (χ0n) is 13.4. The number of unbranched alkanes of at least 4 members (excludes halogenated alkanes) is 11. The van der Waals surface area contributed by atoms with Crippen LogP contribution in [0.2, 0.25) is 0 Å². The average molecular weight is 359 g/mol. The molecule has 0 rings (SSSR count). The Labute approximate surface area is 146 Å². The maximum absolute atomic E-state index is 10.3. The van der Waals surface area contributed by atoms with Gasteiger partial charge in [0.1, 0.15) is 0 Å². The molecular formula is C16H32Cl2O4. The van der Waals surface area contributed by atoms with Crippen molar-refractivity contribution in [3.8, 4) is 0 Å².